The Bertz CT molecular complexity index is 771. The molecule has 2 heterocycles. The molecule has 1 aliphatic rings. The van der Waals surface area contributed by atoms with Crippen molar-refractivity contribution < 1.29 is 14.0 Å². The van der Waals surface area contributed by atoms with E-state index in [4.69, 9.17) is 11.6 Å². The molecule has 4 nitrogen and oxygen atoms in total. The fraction of sp³-hybridized carbons (Fsp3) is 0.316. The van der Waals surface area contributed by atoms with E-state index in [1.165, 1.54) is 18.3 Å². The molecular weight excluding hydrogens is 343 g/mol. The highest BCUT2D eigenvalue weighted by Crippen LogP contribution is 2.23. The highest BCUT2D eigenvalue weighted by Gasteiger charge is 2.28. The van der Waals surface area contributed by atoms with Crippen LogP contribution in [0, 0.1) is 11.7 Å². The number of pyridine rings is 1. The Morgan fingerprint density at radius 1 is 1.16 bits per heavy atom. The number of amides is 1. The van der Waals surface area contributed by atoms with E-state index in [9.17, 15) is 14.0 Å². The molecule has 2 aromatic rings. The first-order valence-corrected chi connectivity index (χ1v) is 8.59. The lowest BCUT2D eigenvalue weighted by atomic mass is 9.89. The summed E-state index contributed by atoms with van der Waals surface area (Å²) in [5, 5.41) is 0.596. The van der Waals surface area contributed by atoms with Crippen LogP contribution in [0.25, 0.3) is 0 Å². The second-order valence-corrected chi connectivity index (χ2v) is 6.57. The van der Waals surface area contributed by atoms with Gasteiger partial charge in [0.2, 0.25) is 5.91 Å². The first kappa shape index (κ1) is 17.5. The fourth-order valence-corrected chi connectivity index (χ4v) is 3.17. The predicted molar refractivity (Wildman–Crippen MR) is 93.0 cm³/mol. The van der Waals surface area contributed by atoms with Crippen molar-refractivity contribution in [1.29, 1.82) is 0 Å². The lowest BCUT2D eigenvalue weighted by Crippen LogP contribution is -2.41. The van der Waals surface area contributed by atoms with Gasteiger partial charge >= 0.3 is 0 Å². The molecule has 1 fully saturated rings. The number of hydrogen-bond donors (Lipinski definition) is 0. The van der Waals surface area contributed by atoms with Crippen LogP contribution in [0.1, 0.15) is 28.9 Å². The molecule has 1 aromatic carbocycles. The Balaban J connectivity index is 1.56. The molecule has 0 spiro atoms. The smallest absolute Gasteiger partial charge is 0.228 e. The van der Waals surface area contributed by atoms with Crippen LogP contribution in [0.5, 0.6) is 0 Å². The topological polar surface area (TPSA) is 50.3 Å². The van der Waals surface area contributed by atoms with Crippen molar-refractivity contribution >= 4 is 23.3 Å². The van der Waals surface area contributed by atoms with Gasteiger partial charge in [-0.05, 0) is 49.2 Å². The summed E-state index contributed by atoms with van der Waals surface area (Å²) >= 11 is 5.85. The SMILES string of the molecule is O=C(c1ccc(Cl)cc1)C1CCN(C(=O)Cc2ncccc2F)CC1. The highest BCUT2D eigenvalue weighted by atomic mass is 35.5. The van der Waals surface area contributed by atoms with Crippen molar-refractivity contribution in [3.8, 4) is 0 Å². The molecule has 130 valence electrons. The first-order chi connectivity index (χ1) is 12.0. The predicted octanol–water partition coefficient (Wildman–Crippen LogP) is 3.54. The van der Waals surface area contributed by atoms with E-state index in [1.54, 1.807) is 29.2 Å². The lowest BCUT2D eigenvalue weighted by Gasteiger charge is -2.31. The summed E-state index contributed by atoms with van der Waals surface area (Å²) in [6.07, 6.45) is 2.64. The minimum absolute atomic E-state index is 0.0531. The third kappa shape index (κ3) is 4.23. The molecule has 0 saturated carbocycles. The highest BCUT2D eigenvalue weighted by molar-refractivity contribution is 6.30. The molecule has 0 radical (unpaired) electrons. The van der Waals surface area contributed by atoms with Gasteiger partial charge in [0.25, 0.3) is 0 Å². The summed E-state index contributed by atoms with van der Waals surface area (Å²) in [6, 6.07) is 9.66. The number of halogens is 2. The van der Waals surface area contributed by atoms with Crippen LogP contribution in [0.4, 0.5) is 4.39 Å². The normalized spacial score (nSPS) is 15.2. The number of Topliss-reactive ketones (excluding diaryl/α,β-unsaturated/α-hetero) is 1. The molecule has 0 aliphatic carbocycles. The molecule has 0 bridgehead atoms. The van der Waals surface area contributed by atoms with E-state index >= 15 is 0 Å². The largest absolute Gasteiger partial charge is 0.342 e. The van der Waals surface area contributed by atoms with E-state index in [2.05, 4.69) is 4.98 Å². The molecule has 1 amide bonds. The maximum absolute atomic E-state index is 13.6. The summed E-state index contributed by atoms with van der Waals surface area (Å²) in [5.74, 6) is -0.644. The molecule has 6 heteroatoms. The Morgan fingerprint density at radius 2 is 1.84 bits per heavy atom. The van der Waals surface area contributed by atoms with E-state index in [1.807, 2.05) is 0 Å². The van der Waals surface area contributed by atoms with E-state index < -0.39 is 5.82 Å². The fourth-order valence-electron chi connectivity index (χ4n) is 3.04. The van der Waals surface area contributed by atoms with Gasteiger partial charge in [0.15, 0.2) is 5.78 Å². The Morgan fingerprint density at radius 3 is 2.48 bits per heavy atom. The van der Waals surface area contributed by atoms with Crippen molar-refractivity contribution in [2.24, 2.45) is 5.92 Å². The molecule has 1 aromatic heterocycles. The number of benzene rings is 1. The first-order valence-electron chi connectivity index (χ1n) is 8.21. The second-order valence-electron chi connectivity index (χ2n) is 6.13. The zero-order chi connectivity index (χ0) is 17.8. The van der Waals surface area contributed by atoms with Gasteiger partial charge in [0.1, 0.15) is 5.82 Å². The van der Waals surface area contributed by atoms with Crippen LogP contribution in [0.2, 0.25) is 5.02 Å². The van der Waals surface area contributed by atoms with Crippen molar-refractivity contribution in [3.05, 3.63) is 64.7 Å². The molecular formula is C19H18ClFN2O2. The number of carbonyl (C=O) groups excluding carboxylic acids is 2. The van der Waals surface area contributed by atoms with Crippen molar-refractivity contribution in [2.45, 2.75) is 19.3 Å². The Hall–Kier alpha value is -2.27. The maximum atomic E-state index is 13.6. The number of aromatic nitrogens is 1. The maximum Gasteiger partial charge on any atom is 0.228 e. The minimum Gasteiger partial charge on any atom is -0.342 e. The summed E-state index contributed by atoms with van der Waals surface area (Å²) in [5.41, 5.74) is 0.802. The van der Waals surface area contributed by atoms with Crippen molar-refractivity contribution in [1.82, 2.24) is 9.88 Å². The third-order valence-electron chi connectivity index (χ3n) is 4.50. The number of piperidine rings is 1. The van der Waals surface area contributed by atoms with Crippen LogP contribution in [0.15, 0.2) is 42.6 Å². The van der Waals surface area contributed by atoms with Crippen molar-refractivity contribution in [3.63, 3.8) is 0 Å². The number of rotatable bonds is 4. The zero-order valence-corrected chi connectivity index (χ0v) is 14.4. The average molecular weight is 361 g/mol. The number of ketones is 1. The van der Waals surface area contributed by atoms with E-state index in [0.717, 1.165) is 0 Å². The molecule has 3 rings (SSSR count). The summed E-state index contributed by atoms with van der Waals surface area (Å²) in [4.78, 5) is 30.4. The minimum atomic E-state index is -0.469. The zero-order valence-electron chi connectivity index (χ0n) is 13.6. The van der Waals surface area contributed by atoms with Gasteiger partial charge in [0.05, 0.1) is 12.1 Å². The van der Waals surface area contributed by atoms with Gasteiger partial charge in [-0.1, -0.05) is 11.6 Å². The van der Waals surface area contributed by atoms with Crippen LogP contribution in [0.3, 0.4) is 0 Å². The molecule has 0 N–H and O–H groups in total. The van der Waals surface area contributed by atoms with Gasteiger partial charge in [-0.15, -0.1) is 0 Å². The van der Waals surface area contributed by atoms with Gasteiger partial charge in [0, 0.05) is 35.8 Å². The van der Waals surface area contributed by atoms with Gasteiger partial charge < -0.3 is 4.90 Å². The molecule has 1 saturated heterocycles. The standard InChI is InChI=1S/C19H18ClFN2O2/c20-15-5-3-13(4-6-15)19(25)14-7-10-23(11-8-14)18(24)12-17-16(21)2-1-9-22-17/h1-6,9,14H,7-8,10-12H2. The second kappa shape index (κ2) is 7.74. The molecule has 0 unspecified atom stereocenters. The summed E-state index contributed by atoms with van der Waals surface area (Å²) in [6.45, 7) is 0.995. The number of nitrogens with zero attached hydrogens (tertiary/aromatic N) is 2. The van der Waals surface area contributed by atoms with Gasteiger partial charge in [-0.25, -0.2) is 4.39 Å². The van der Waals surface area contributed by atoms with Crippen molar-refractivity contribution in [2.75, 3.05) is 13.1 Å². The van der Waals surface area contributed by atoms with Gasteiger partial charge in [-0.3, -0.25) is 14.6 Å². The molecule has 1 aliphatic heterocycles. The van der Waals surface area contributed by atoms with Crippen LogP contribution in [-0.2, 0) is 11.2 Å². The average Bonchev–Trinajstić information content (AvgIpc) is 2.64. The number of hydrogen-bond acceptors (Lipinski definition) is 3. The molecule has 0 atom stereocenters. The summed E-state index contributed by atoms with van der Waals surface area (Å²) in [7, 11) is 0. The van der Waals surface area contributed by atoms with Crippen LogP contribution >= 0.6 is 11.6 Å². The lowest BCUT2D eigenvalue weighted by molar-refractivity contribution is -0.131. The number of likely N-dealkylation sites (tertiary alicyclic amines) is 1. The third-order valence-corrected chi connectivity index (χ3v) is 4.75. The van der Waals surface area contributed by atoms with E-state index in [-0.39, 0.29) is 29.7 Å². The summed E-state index contributed by atoms with van der Waals surface area (Å²) < 4.78 is 13.6. The van der Waals surface area contributed by atoms with Crippen LogP contribution in [-0.4, -0.2) is 34.7 Å². The quantitative estimate of drug-likeness (QED) is 0.784. The Labute approximate surface area is 150 Å². The number of carbonyl (C=O) groups is 2. The van der Waals surface area contributed by atoms with Crippen LogP contribution < -0.4 is 0 Å². The van der Waals surface area contributed by atoms with Gasteiger partial charge in [-0.2, -0.15) is 0 Å². The monoisotopic (exact) mass is 360 g/mol. The molecule has 25 heavy (non-hydrogen) atoms. The Kier molecular flexibility index (Phi) is 5.43. The van der Waals surface area contributed by atoms with E-state index in [0.29, 0.717) is 36.5 Å².